The van der Waals surface area contributed by atoms with Gasteiger partial charge >= 0.3 is 0 Å². The lowest BCUT2D eigenvalue weighted by molar-refractivity contribution is 0.488. The molecule has 5 heteroatoms. The number of aromatic nitrogens is 1. The molecular weight excluding hydrogens is 231 g/mol. The van der Waals surface area contributed by atoms with E-state index in [1.165, 1.54) is 12.3 Å². The number of rotatable bonds is 3. The fourth-order valence-corrected chi connectivity index (χ4v) is 1.48. The van der Waals surface area contributed by atoms with Gasteiger partial charge in [0.1, 0.15) is 5.76 Å². The Bertz CT molecular complexity index is 473. The molecule has 0 saturated heterocycles. The van der Waals surface area contributed by atoms with Crippen LogP contribution in [0.15, 0.2) is 35.1 Å². The standard InChI is InChI=1S/C11H10ClFN2O/c1-7(10-3-2-4-16-10)15-11-9(13)5-8(12)6-14-11/h2-7H,1H3,(H,14,15). The summed E-state index contributed by atoms with van der Waals surface area (Å²) in [6.07, 6.45) is 2.96. The number of nitrogens with one attached hydrogen (secondary N) is 1. The maximum absolute atomic E-state index is 13.4. The van der Waals surface area contributed by atoms with E-state index in [1.807, 2.05) is 13.0 Å². The van der Waals surface area contributed by atoms with E-state index in [4.69, 9.17) is 16.0 Å². The molecule has 0 aliphatic carbocycles. The van der Waals surface area contributed by atoms with Gasteiger partial charge < -0.3 is 9.73 Å². The van der Waals surface area contributed by atoms with Crippen molar-refractivity contribution in [3.8, 4) is 0 Å². The average Bonchev–Trinajstić information content (AvgIpc) is 2.75. The first-order valence-electron chi connectivity index (χ1n) is 4.78. The smallest absolute Gasteiger partial charge is 0.166 e. The summed E-state index contributed by atoms with van der Waals surface area (Å²) in [5.74, 6) is 0.398. The lowest BCUT2D eigenvalue weighted by Gasteiger charge is -2.12. The van der Waals surface area contributed by atoms with Crippen LogP contribution >= 0.6 is 11.6 Å². The minimum absolute atomic E-state index is 0.154. The Morgan fingerprint density at radius 1 is 1.56 bits per heavy atom. The number of hydrogen-bond donors (Lipinski definition) is 1. The highest BCUT2D eigenvalue weighted by Gasteiger charge is 2.11. The minimum Gasteiger partial charge on any atom is -0.467 e. The van der Waals surface area contributed by atoms with Crippen LogP contribution in [0.3, 0.4) is 0 Å². The number of pyridine rings is 1. The van der Waals surface area contributed by atoms with Crippen LogP contribution < -0.4 is 5.32 Å². The predicted octanol–water partition coefficient (Wildman–Crippen LogP) is 3.64. The Morgan fingerprint density at radius 3 is 3.00 bits per heavy atom. The second kappa shape index (κ2) is 4.53. The average molecular weight is 241 g/mol. The zero-order valence-corrected chi connectivity index (χ0v) is 9.33. The molecule has 16 heavy (non-hydrogen) atoms. The van der Waals surface area contributed by atoms with Crippen LogP contribution in [0, 0.1) is 5.82 Å². The molecule has 84 valence electrons. The summed E-state index contributed by atoms with van der Waals surface area (Å²) in [5.41, 5.74) is 0. The Hall–Kier alpha value is -1.55. The molecule has 0 bridgehead atoms. The van der Waals surface area contributed by atoms with Gasteiger partial charge in [0.05, 0.1) is 17.3 Å². The highest BCUT2D eigenvalue weighted by molar-refractivity contribution is 6.30. The van der Waals surface area contributed by atoms with E-state index in [1.54, 1.807) is 12.3 Å². The molecule has 3 nitrogen and oxygen atoms in total. The van der Waals surface area contributed by atoms with Gasteiger partial charge in [0.15, 0.2) is 11.6 Å². The first-order valence-corrected chi connectivity index (χ1v) is 5.15. The molecule has 0 aromatic carbocycles. The lowest BCUT2D eigenvalue weighted by atomic mass is 10.2. The van der Waals surface area contributed by atoms with Crippen molar-refractivity contribution < 1.29 is 8.81 Å². The Morgan fingerprint density at radius 2 is 2.38 bits per heavy atom. The van der Waals surface area contributed by atoms with Crippen LogP contribution in [0.1, 0.15) is 18.7 Å². The second-order valence-corrected chi connectivity index (χ2v) is 3.80. The number of hydrogen-bond acceptors (Lipinski definition) is 3. The maximum atomic E-state index is 13.4. The highest BCUT2D eigenvalue weighted by atomic mass is 35.5. The van der Waals surface area contributed by atoms with Crippen LogP contribution in [0.2, 0.25) is 5.02 Å². The fourth-order valence-electron chi connectivity index (χ4n) is 1.33. The molecular formula is C11H10ClFN2O. The van der Waals surface area contributed by atoms with Crippen molar-refractivity contribution in [1.29, 1.82) is 0 Å². The van der Waals surface area contributed by atoms with E-state index in [0.29, 0.717) is 0 Å². The quantitative estimate of drug-likeness (QED) is 0.890. The molecule has 2 heterocycles. The minimum atomic E-state index is -0.481. The molecule has 1 N–H and O–H groups in total. The third-order valence-electron chi connectivity index (χ3n) is 2.13. The lowest BCUT2D eigenvalue weighted by Crippen LogP contribution is -2.08. The summed E-state index contributed by atoms with van der Waals surface area (Å²) < 4.78 is 18.6. The monoisotopic (exact) mass is 240 g/mol. The molecule has 2 rings (SSSR count). The molecule has 0 fully saturated rings. The van der Waals surface area contributed by atoms with Crippen molar-refractivity contribution in [2.24, 2.45) is 0 Å². The molecule has 0 aliphatic rings. The van der Waals surface area contributed by atoms with Gasteiger partial charge in [-0.25, -0.2) is 9.37 Å². The predicted molar refractivity (Wildman–Crippen MR) is 60.0 cm³/mol. The van der Waals surface area contributed by atoms with E-state index in [2.05, 4.69) is 10.3 Å². The van der Waals surface area contributed by atoms with Gasteiger partial charge in [-0.15, -0.1) is 0 Å². The van der Waals surface area contributed by atoms with Crippen molar-refractivity contribution in [3.05, 3.63) is 47.3 Å². The summed E-state index contributed by atoms with van der Waals surface area (Å²) in [7, 11) is 0. The summed E-state index contributed by atoms with van der Waals surface area (Å²) in [5, 5.41) is 3.17. The molecule has 0 amide bonds. The third kappa shape index (κ3) is 2.33. The van der Waals surface area contributed by atoms with Crippen molar-refractivity contribution in [2.75, 3.05) is 5.32 Å². The van der Waals surface area contributed by atoms with Crippen LogP contribution in [-0.4, -0.2) is 4.98 Å². The highest BCUT2D eigenvalue weighted by Crippen LogP contribution is 2.21. The molecule has 0 spiro atoms. The van der Waals surface area contributed by atoms with Gasteiger partial charge in [0.25, 0.3) is 0 Å². The van der Waals surface area contributed by atoms with Crippen molar-refractivity contribution in [1.82, 2.24) is 4.98 Å². The van der Waals surface area contributed by atoms with E-state index in [0.717, 1.165) is 5.76 Å². The topological polar surface area (TPSA) is 38.1 Å². The third-order valence-corrected chi connectivity index (χ3v) is 2.34. The first-order chi connectivity index (χ1) is 7.66. The zero-order chi connectivity index (χ0) is 11.5. The molecule has 0 aliphatic heterocycles. The number of anilines is 1. The largest absolute Gasteiger partial charge is 0.467 e. The Labute approximate surface area is 97.3 Å². The number of nitrogens with zero attached hydrogens (tertiary/aromatic N) is 1. The van der Waals surface area contributed by atoms with Gasteiger partial charge in [0, 0.05) is 6.20 Å². The molecule has 2 aromatic rings. The van der Waals surface area contributed by atoms with Gasteiger partial charge in [-0.1, -0.05) is 11.6 Å². The van der Waals surface area contributed by atoms with Gasteiger partial charge in [-0.2, -0.15) is 0 Å². The summed E-state index contributed by atoms with van der Waals surface area (Å²) in [4.78, 5) is 3.87. The second-order valence-electron chi connectivity index (χ2n) is 3.37. The SMILES string of the molecule is CC(Nc1ncc(Cl)cc1F)c1ccco1. The van der Waals surface area contributed by atoms with Crippen LogP contribution in [0.25, 0.3) is 0 Å². The fraction of sp³-hybridized carbons (Fsp3) is 0.182. The molecule has 2 aromatic heterocycles. The first kappa shape index (κ1) is 11.0. The van der Waals surface area contributed by atoms with Gasteiger partial charge in [-0.3, -0.25) is 0 Å². The van der Waals surface area contributed by atoms with Crippen LogP contribution in [-0.2, 0) is 0 Å². The van der Waals surface area contributed by atoms with Crippen molar-refractivity contribution in [3.63, 3.8) is 0 Å². The van der Waals surface area contributed by atoms with Crippen molar-refractivity contribution in [2.45, 2.75) is 13.0 Å². The van der Waals surface area contributed by atoms with Crippen molar-refractivity contribution >= 4 is 17.4 Å². The molecule has 1 atom stereocenters. The molecule has 1 unspecified atom stereocenters. The molecule has 0 saturated carbocycles. The van der Waals surface area contributed by atoms with Gasteiger partial charge in [-0.05, 0) is 25.1 Å². The van der Waals surface area contributed by atoms with E-state index < -0.39 is 5.82 Å². The normalized spacial score (nSPS) is 12.4. The van der Waals surface area contributed by atoms with E-state index in [-0.39, 0.29) is 16.9 Å². The van der Waals surface area contributed by atoms with E-state index >= 15 is 0 Å². The van der Waals surface area contributed by atoms with Gasteiger partial charge in [0.2, 0.25) is 0 Å². The summed E-state index contributed by atoms with van der Waals surface area (Å²) in [6.45, 7) is 1.86. The number of furan rings is 1. The van der Waals surface area contributed by atoms with E-state index in [9.17, 15) is 4.39 Å². The Kier molecular flexibility index (Phi) is 3.10. The molecule has 0 radical (unpaired) electrons. The zero-order valence-electron chi connectivity index (χ0n) is 8.58. The summed E-state index contributed by atoms with van der Waals surface area (Å²) >= 11 is 5.60. The number of halogens is 2. The van der Waals surface area contributed by atoms with Crippen LogP contribution in [0.4, 0.5) is 10.2 Å². The Balaban J connectivity index is 2.15. The van der Waals surface area contributed by atoms with Crippen LogP contribution in [0.5, 0.6) is 0 Å². The summed E-state index contributed by atoms with van der Waals surface area (Å²) in [6, 6.07) is 4.65. The maximum Gasteiger partial charge on any atom is 0.166 e.